The Hall–Kier alpha value is -2.93. The zero-order chi connectivity index (χ0) is 27.3. The number of benzene rings is 1. The second-order valence-electron chi connectivity index (χ2n) is 10.5. The highest BCUT2D eigenvalue weighted by Crippen LogP contribution is 2.34. The quantitative estimate of drug-likeness (QED) is 0.564. The average molecular weight is 540 g/mol. The fraction of sp³-hybridized carbons (Fsp3) is 0.517. The number of carbonyl (C=O) groups excluding carboxylic acids is 1. The van der Waals surface area contributed by atoms with Gasteiger partial charge in [0.25, 0.3) is 5.91 Å². The molecule has 1 aromatic heterocycles. The van der Waals surface area contributed by atoms with Gasteiger partial charge in [-0.1, -0.05) is 37.7 Å². The minimum atomic E-state index is -3.94. The van der Waals surface area contributed by atoms with Crippen LogP contribution in [-0.2, 0) is 10.0 Å². The van der Waals surface area contributed by atoms with Crippen LogP contribution in [0.1, 0.15) is 62.0 Å². The van der Waals surface area contributed by atoms with E-state index < -0.39 is 22.2 Å². The van der Waals surface area contributed by atoms with Crippen LogP contribution in [0.4, 0.5) is 0 Å². The smallest absolute Gasteiger partial charge is 0.272 e. The van der Waals surface area contributed by atoms with E-state index in [-0.39, 0.29) is 42.2 Å². The van der Waals surface area contributed by atoms with E-state index >= 15 is 0 Å². The second kappa shape index (κ2) is 12.3. The van der Waals surface area contributed by atoms with E-state index in [2.05, 4.69) is 16.8 Å². The zero-order valence-corrected chi connectivity index (χ0v) is 23.2. The normalized spacial score (nSPS) is 22.2. The van der Waals surface area contributed by atoms with E-state index in [0.29, 0.717) is 17.2 Å². The molecule has 2 heterocycles. The Morgan fingerprint density at radius 2 is 2.03 bits per heavy atom. The van der Waals surface area contributed by atoms with Crippen LogP contribution in [-0.4, -0.2) is 72.5 Å². The van der Waals surface area contributed by atoms with E-state index in [0.717, 1.165) is 6.42 Å². The lowest BCUT2D eigenvalue weighted by molar-refractivity contribution is 0.0559. The second-order valence-corrected chi connectivity index (χ2v) is 12.3. The molecule has 2 aromatic rings. The largest absolute Gasteiger partial charge is 0.487 e. The van der Waals surface area contributed by atoms with Crippen molar-refractivity contribution in [3.63, 3.8) is 0 Å². The van der Waals surface area contributed by atoms with Crippen molar-refractivity contribution in [1.29, 1.82) is 0 Å². The molecule has 0 saturated heterocycles. The van der Waals surface area contributed by atoms with Crippen LogP contribution in [0, 0.1) is 23.7 Å². The van der Waals surface area contributed by atoms with Gasteiger partial charge in [-0.05, 0) is 56.0 Å². The van der Waals surface area contributed by atoms with Crippen molar-refractivity contribution < 1.29 is 23.1 Å². The third-order valence-corrected chi connectivity index (χ3v) is 9.47. The summed E-state index contributed by atoms with van der Waals surface area (Å²) in [4.78, 5) is 18.7. The number of aliphatic hydroxyl groups is 1. The van der Waals surface area contributed by atoms with Gasteiger partial charge in [-0.25, -0.2) is 8.42 Å². The molecule has 1 N–H and O–H groups in total. The number of ether oxygens (including phenoxy) is 1. The number of fused-ring (bicyclic) bond motifs is 1. The molecule has 2 aliphatic rings. The molecule has 1 aliphatic carbocycles. The van der Waals surface area contributed by atoms with Crippen LogP contribution in [0.5, 0.6) is 5.75 Å². The van der Waals surface area contributed by atoms with Gasteiger partial charge >= 0.3 is 0 Å². The first-order valence-electron chi connectivity index (χ1n) is 13.3. The zero-order valence-electron chi connectivity index (χ0n) is 22.3. The molecule has 1 fully saturated rings. The van der Waals surface area contributed by atoms with Gasteiger partial charge in [0, 0.05) is 43.7 Å². The van der Waals surface area contributed by atoms with Crippen LogP contribution < -0.4 is 4.74 Å². The maximum absolute atomic E-state index is 13.7. The van der Waals surface area contributed by atoms with Gasteiger partial charge < -0.3 is 14.7 Å². The van der Waals surface area contributed by atoms with E-state index in [1.165, 1.54) is 36.1 Å². The molecule has 0 spiro atoms. The molecular formula is C29H37N3O5S. The fourth-order valence-corrected chi connectivity index (χ4v) is 6.90. The monoisotopic (exact) mass is 539 g/mol. The van der Waals surface area contributed by atoms with Crippen molar-refractivity contribution in [2.24, 2.45) is 11.8 Å². The van der Waals surface area contributed by atoms with Gasteiger partial charge in [0.2, 0.25) is 10.0 Å². The molecular weight excluding hydrogens is 502 g/mol. The van der Waals surface area contributed by atoms with Crippen LogP contribution in [0.25, 0.3) is 0 Å². The van der Waals surface area contributed by atoms with Crippen LogP contribution >= 0.6 is 0 Å². The Balaban J connectivity index is 1.66. The number of pyridine rings is 1. The molecule has 1 aliphatic heterocycles. The van der Waals surface area contributed by atoms with Crippen LogP contribution in [0.15, 0.2) is 47.5 Å². The van der Waals surface area contributed by atoms with Crippen molar-refractivity contribution in [3.05, 3.63) is 53.9 Å². The van der Waals surface area contributed by atoms with Crippen molar-refractivity contribution in [2.45, 2.75) is 63.0 Å². The maximum Gasteiger partial charge on any atom is 0.272 e. The highest BCUT2D eigenvalue weighted by molar-refractivity contribution is 7.89. The molecule has 3 atom stereocenters. The molecule has 4 rings (SSSR count). The standard InChI is InChI=1S/C29H37N3O5S/c1-21-18-32(22(2)20-33)38(35,36)28-15-14-24(12-8-11-23-9-4-5-10-23)17-26(28)37-27(21)19-31(3)29(34)25-13-6-7-16-30-25/h6-7,13-17,21-23,27,33H,4-5,9-11,18-20H2,1-3H3/t21-,22-,27+/m0/s1. The number of sulfonamides is 1. The van der Waals surface area contributed by atoms with E-state index in [1.807, 2.05) is 6.92 Å². The summed E-state index contributed by atoms with van der Waals surface area (Å²) in [5, 5.41) is 9.84. The number of hydrogen-bond acceptors (Lipinski definition) is 6. The lowest BCUT2D eigenvalue weighted by atomic mass is 10.0. The molecule has 8 nitrogen and oxygen atoms in total. The molecule has 1 aromatic carbocycles. The number of hydrogen-bond donors (Lipinski definition) is 1. The molecule has 0 bridgehead atoms. The third-order valence-electron chi connectivity index (χ3n) is 7.45. The molecule has 204 valence electrons. The summed E-state index contributed by atoms with van der Waals surface area (Å²) >= 11 is 0. The predicted molar refractivity (Wildman–Crippen MR) is 145 cm³/mol. The lowest BCUT2D eigenvalue weighted by Gasteiger charge is -2.37. The average Bonchev–Trinajstić information content (AvgIpc) is 3.43. The molecule has 1 amide bonds. The topological polar surface area (TPSA) is 100 Å². The van der Waals surface area contributed by atoms with Crippen molar-refractivity contribution in [3.8, 4) is 17.6 Å². The summed E-state index contributed by atoms with van der Waals surface area (Å²) in [6.07, 6.45) is 6.84. The number of carbonyl (C=O) groups is 1. The Bertz CT molecular complexity index is 1280. The first-order valence-corrected chi connectivity index (χ1v) is 14.7. The van der Waals surface area contributed by atoms with E-state index in [4.69, 9.17) is 4.74 Å². The first kappa shape index (κ1) is 28.1. The Labute approximate surface area is 226 Å². The van der Waals surface area contributed by atoms with Gasteiger partial charge in [-0.3, -0.25) is 9.78 Å². The fourth-order valence-electron chi connectivity index (χ4n) is 5.07. The minimum absolute atomic E-state index is 0.0368. The van der Waals surface area contributed by atoms with Crippen LogP contribution in [0.2, 0.25) is 0 Å². The Morgan fingerprint density at radius 1 is 1.26 bits per heavy atom. The van der Waals surface area contributed by atoms with E-state index in [9.17, 15) is 18.3 Å². The minimum Gasteiger partial charge on any atom is -0.487 e. The number of nitrogens with zero attached hydrogens (tertiary/aromatic N) is 3. The highest BCUT2D eigenvalue weighted by atomic mass is 32.2. The number of aromatic nitrogens is 1. The first-order chi connectivity index (χ1) is 18.2. The third kappa shape index (κ3) is 6.37. The Morgan fingerprint density at radius 3 is 2.71 bits per heavy atom. The van der Waals surface area contributed by atoms with Gasteiger partial charge in [0.15, 0.2) is 0 Å². The van der Waals surface area contributed by atoms with Crippen molar-refractivity contribution in [1.82, 2.24) is 14.2 Å². The number of aliphatic hydroxyl groups excluding tert-OH is 1. The molecule has 0 unspecified atom stereocenters. The van der Waals surface area contributed by atoms with Gasteiger partial charge in [0.05, 0.1) is 13.2 Å². The predicted octanol–water partition coefficient (Wildman–Crippen LogP) is 3.55. The molecule has 1 saturated carbocycles. The van der Waals surface area contributed by atoms with Gasteiger partial charge in [0.1, 0.15) is 22.4 Å². The summed E-state index contributed by atoms with van der Waals surface area (Å²) in [5.74, 6) is 6.77. The van der Waals surface area contributed by atoms with Gasteiger partial charge in [-0.2, -0.15) is 4.31 Å². The molecule has 9 heteroatoms. The summed E-state index contributed by atoms with van der Waals surface area (Å²) < 4.78 is 35.0. The van der Waals surface area contributed by atoms with Crippen molar-refractivity contribution in [2.75, 3.05) is 26.7 Å². The SMILES string of the molecule is C[C@H]1CN([C@@H](C)CO)S(=O)(=O)c2ccc(C#CCC3CCCC3)cc2O[C@@H]1CN(C)C(=O)c1ccccn1. The Kier molecular flexibility index (Phi) is 9.08. The van der Waals surface area contributed by atoms with Crippen LogP contribution in [0.3, 0.4) is 0 Å². The lowest BCUT2D eigenvalue weighted by Crippen LogP contribution is -2.50. The summed E-state index contributed by atoms with van der Waals surface area (Å²) in [7, 11) is -2.26. The summed E-state index contributed by atoms with van der Waals surface area (Å²) in [6, 6.07) is 9.48. The highest BCUT2D eigenvalue weighted by Gasteiger charge is 2.38. The van der Waals surface area contributed by atoms with Gasteiger partial charge in [-0.15, -0.1) is 0 Å². The molecule has 0 radical (unpaired) electrons. The summed E-state index contributed by atoms with van der Waals surface area (Å²) in [6.45, 7) is 3.64. The summed E-state index contributed by atoms with van der Waals surface area (Å²) in [5.41, 5.74) is 1.01. The van der Waals surface area contributed by atoms with Crippen molar-refractivity contribution >= 4 is 15.9 Å². The number of likely N-dealkylation sites (N-methyl/N-ethyl adjacent to an activating group) is 1. The van der Waals surface area contributed by atoms with E-state index in [1.54, 1.807) is 55.4 Å². The molecule has 38 heavy (non-hydrogen) atoms. The number of amides is 1. The number of rotatable bonds is 6. The maximum atomic E-state index is 13.7.